The van der Waals surface area contributed by atoms with E-state index in [0.29, 0.717) is 11.3 Å². The molecule has 1 heterocycles. The predicted molar refractivity (Wildman–Crippen MR) is 87.5 cm³/mol. The zero-order valence-electron chi connectivity index (χ0n) is 13.0. The second-order valence-corrected chi connectivity index (χ2v) is 4.70. The molecular formula is C16H13N3O6. The van der Waals surface area contributed by atoms with E-state index < -0.39 is 23.8 Å². The average Bonchev–Trinajstić information content (AvgIpc) is 2.57. The Hall–Kier alpha value is -3.80. The first-order chi connectivity index (χ1) is 12.0. The van der Waals surface area contributed by atoms with Gasteiger partial charge < -0.3 is 19.6 Å². The molecule has 0 amide bonds. The van der Waals surface area contributed by atoms with Crippen molar-refractivity contribution >= 4 is 18.1 Å². The molecule has 3 N–H and O–H groups in total. The molecule has 1 aromatic carbocycles. The number of hydrogen-bond donors (Lipinski definition) is 3. The van der Waals surface area contributed by atoms with Crippen molar-refractivity contribution < 1.29 is 19.4 Å². The van der Waals surface area contributed by atoms with Gasteiger partial charge in [0.2, 0.25) is 0 Å². The zero-order valence-corrected chi connectivity index (χ0v) is 13.0. The smallest absolute Gasteiger partial charge is 0.341 e. The van der Waals surface area contributed by atoms with E-state index in [1.54, 1.807) is 24.3 Å². The highest BCUT2D eigenvalue weighted by Crippen LogP contribution is 2.32. The Morgan fingerprint density at radius 2 is 2.08 bits per heavy atom. The van der Waals surface area contributed by atoms with E-state index in [2.05, 4.69) is 4.98 Å². The lowest BCUT2D eigenvalue weighted by Crippen LogP contribution is -2.25. The third-order valence-electron chi connectivity index (χ3n) is 3.08. The van der Waals surface area contributed by atoms with Crippen LogP contribution in [0.2, 0.25) is 0 Å². The van der Waals surface area contributed by atoms with Gasteiger partial charge in [-0.05, 0) is 18.2 Å². The van der Waals surface area contributed by atoms with Crippen LogP contribution in [-0.4, -0.2) is 34.8 Å². The summed E-state index contributed by atoms with van der Waals surface area (Å²) >= 11 is 0. The van der Waals surface area contributed by atoms with Crippen molar-refractivity contribution in [3.05, 3.63) is 55.9 Å². The number of aromatic amines is 2. The van der Waals surface area contributed by atoms with E-state index in [0.717, 1.165) is 0 Å². The van der Waals surface area contributed by atoms with Crippen LogP contribution in [0.15, 0.2) is 27.8 Å². The van der Waals surface area contributed by atoms with Crippen molar-refractivity contribution in [1.82, 2.24) is 9.97 Å². The van der Waals surface area contributed by atoms with Gasteiger partial charge in [0, 0.05) is 5.56 Å². The fraction of sp³-hybridized carbons (Fsp3) is 0.125. The molecule has 0 unspecified atom stereocenters. The normalized spacial score (nSPS) is 10.4. The van der Waals surface area contributed by atoms with Crippen molar-refractivity contribution in [2.75, 3.05) is 13.7 Å². The maximum Gasteiger partial charge on any atom is 0.341 e. The Morgan fingerprint density at radius 3 is 2.72 bits per heavy atom. The largest absolute Gasteiger partial charge is 0.493 e. The molecule has 9 heteroatoms. The molecule has 9 nitrogen and oxygen atoms in total. The lowest BCUT2D eigenvalue weighted by molar-refractivity contribution is -0.139. The van der Waals surface area contributed by atoms with Gasteiger partial charge in [-0.15, -0.1) is 0 Å². The molecule has 25 heavy (non-hydrogen) atoms. The van der Waals surface area contributed by atoms with Gasteiger partial charge in [-0.2, -0.15) is 5.26 Å². The average molecular weight is 343 g/mol. The number of ether oxygens (including phenoxy) is 2. The Labute approximate surface area is 140 Å². The highest BCUT2D eigenvalue weighted by molar-refractivity contribution is 5.75. The van der Waals surface area contributed by atoms with Crippen LogP contribution >= 0.6 is 0 Å². The van der Waals surface area contributed by atoms with Crippen molar-refractivity contribution in [3.8, 4) is 17.6 Å². The van der Waals surface area contributed by atoms with E-state index in [1.807, 2.05) is 4.98 Å². The van der Waals surface area contributed by atoms with Gasteiger partial charge in [0.05, 0.1) is 12.8 Å². The minimum absolute atomic E-state index is 0.0169. The summed E-state index contributed by atoms with van der Waals surface area (Å²) in [4.78, 5) is 38.0. The lowest BCUT2D eigenvalue weighted by Gasteiger charge is -2.11. The zero-order chi connectivity index (χ0) is 18.4. The number of aliphatic carboxylic acids is 1. The fourth-order valence-electron chi connectivity index (χ4n) is 2.03. The van der Waals surface area contributed by atoms with Crippen LogP contribution < -0.4 is 20.7 Å². The Morgan fingerprint density at radius 1 is 1.32 bits per heavy atom. The Kier molecular flexibility index (Phi) is 5.37. The number of methoxy groups -OCH3 is 1. The number of carboxylic acid groups (broad SMARTS) is 1. The Balaban J connectivity index is 2.49. The number of benzene rings is 1. The first-order valence-electron chi connectivity index (χ1n) is 6.92. The molecule has 2 aromatic rings. The molecule has 0 aliphatic heterocycles. The summed E-state index contributed by atoms with van der Waals surface area (Å²) in [5, 5.41) is 17.8. The fourth-order valence-corrected chi connectivity index (χ4v) is 2.03. The summed E-state index contributed by atoms with van der Waals surface area (Å²) in [6, 6.07) is 6.56. The van der Waals surface area contributed by atoms with E-state index in [4.69, 9.17) is 19.8 Å². The van der Waals surface area contributed by atoms with Crippen LogP contribution in [0.5, 0.6) is 11.5 Å². The molecule has 0 atom stereocenters. The molecule has 128 valence electrons. The predicted octanol–water partition coefficient (Wildman–Crippen LogP) is 0.577. The molecule has 0 saturated heterocycles. The van der Waals surface area contributed by atoms with Gasteiger partial charge in [-0.1, -0.05) is 12.1 Å². The molecule has 1 aromatic heterocycles. The number of nitrogens with zero attached hydrogens (tertiary/aromatic N) is 1. The second kappa shape index (κ2) is 7.65. The standard InChI is InChI=1S/C16H13N3O6/c1-24-12-4-2-3-9(14(12)25-8-13(20)21)5-6-11-10(7-17)15(22)19-16(23)18-11/h2-6H,8H2,1H3,(H,20,21)(H2,18,19,22,23). The number of carboxylic acids is 1. The van der Waals surface area contributed by atoms with Crippen molar-refractivity contribution in [2.24, 2.45) is 0 Å². The number of carbonyl (C=O) groups is 1. The lowest BCUT2D eigenvalue weighted by atomic mass is 10.1. The number of nitrogens with one attached hydrogen (secondary N) is 2. The van der Waals surface area contributed by atoms with Crippen molar-refractivity contribution in [3.63, 3.8) is 0 Å². The number of hydrogen-bond acceptors (Lipinski definition) is 6. The second-order valence-electron chi connectivity index (χ2n) is 4.70. The highest BCUT2D eigenvalue weighted by Gasteiger charge is 2.11. The van der Waals surface area contributed by atoms with Crippen LogP contribution in [0.1, 0.15) is 16.8 Å². The number of aromatic nitrogens is 2. The van der Waals surface area contributed by atoms with Gasteiger partial charge in [0.1, 0.15) is 11.6 Å². The number of rotatable bonds is 6. The van der Waals surface area contributed by atoms with Gasteiger partial charge in [0.15, 0.2) is 18.1 Å². The number of H-pyrrole nitrogens is 2. The van der Waals surface area contributed by atoms with Gasteiger partial charge in [-0.25, -0.2) is 9.59 Å². The van der Waals surface area contributed by atoms with E-state index >= 15 is 0 Å². The topological polar surface area (TPSA) is 145 Å². The van der Waals surface area contributed by atoms with Crippen LogP contribution in [0.3, 0.4) is 0 Å². The van der Waals surface area contributed by atoms with E-state index in [9.17, 15) is 14.4 Å². The Bertz CT molecular complexity index is 981. The maximum atomic E-state index is 11.6. The minimum atomic E-state index is -1.16. The third kappa shape index (κ3) is 4.14. The SMILES string of the molecule is COc1cccc(C=Cc2[nH]c(=O)[nH]c(=O)c2C#N)c1OCC(=O)O. The van der Waals surface area contributed by atoms with E-state index in [-0.39, 0.29) is 17.0 Å². The molecule has 0 aliphatic rings. The van der Waals surface area contributed by atoms with Gasteiger partial charge >= 0.3 is 11.7 Å². The monoisotopic (exact) mass is 343 g/mol. The van der Waals surface area contributed by atoms with Crippen molar-refractivity contribution in [1.29, 1.82) is 5.26 Å². The van der Waals surface area contributed by atoms with Crippen LogP contribution in [0.25, 0.3) is 12.2 Å². The molecule has 0 radical (unpaired) electrons. The molecule has 0 bridgehead atoms. The van der Waals surface area contributed by atoms with Crippen LogP contribution in [-0.2, 0) is 4.79 Å². The summed E-state index contributed by atoms with van der Waals surface area (Å²) < 4.78 is 10.4. The first kappa shape index (κ1) is 17.6. The van der Waals surface area contributed by atoms with Gasteiger partial charge in [-0.3, -0.25) is 9.78 Å². The summed E-state index contributed by atoms with van der Waals surface area (Å²) in [5.74, 6) is -0.677. The first-order valence-corrected chi connectivity index (χ1v) is 6.92. The number of para-hydroxylation sites is 1. The van der Waals surface area contributed by atoms with E-state index in [1.165, 1.54) is 19.3 Å². The summed E-state index contributed by atoms with van der Waals surface area (Å²) in [6.45, 7) is -0.577. The number of nitriles is 1. The summed E-state index contributed by atoms with van der Waals surface area (Å²) in [7, 11) is 1.40. The molecular weight excluding hydrogens is 330 g/mol. The van der Waals surface area contributed by atoms with Crippen LogP contribution in [0.4, 0.5) is 0 Å². The molecule has 0 fully saturated rings. The quantitative estimate of drug-likeness (QED) is 0.695. The molecule has 2 rings (SSSR count). The molecule has 0 saturated carbocycles. The molecule has 0 spiro atoms. The van der Waals surface area contributed by atoms with Crippen LogP contribution in [0, 0.1) is 11.3 Å². The maximum absolute atomic E-state index is 11.6. The molecule has 0 aliphatic carbocycles. The summed E-state index contributed by atoms with van der Waals surface area (Å²) in [5.41, 5.74) is -1.36. The summed E-state index contributed by atoms with van der Waals surface area (Å²) in [6.07, 6.45) is 2.81. The van der Waals surface area contributed by atoms with Gasteiger partial charge in [0.25, 0.3) is 5.56 Å². The third-order valence-corrected chi connectivity index (χ3v) is 3.08. The van der Waals surface area contributed by atoms with Crippen molar-refractivity contribution in [2.45, 2.75) is 0 Å². The minimum Gasteiger partial charge on any atom is -0.493 e. The highest BCUT2D eigenvalue weighted by atomic mass is 16.5.